The van der Waals surface area contributed by atoms with Crippen molar-refractivity contribution in [1.82, 2.24) is 4.72 Å². The van der Waals surface area contributed by atoms with E-state index < -0.39 is 27.6 Å². The van der Waals surface area contributed by atoms with Crippen molar-refractivity contribution in [3.8, 4) is 0 Å². The number of rotatable bonds is 7. The van der Waals surface area contributed by atoms with Crippen molar-refractivity contribution >= 4 is 40.4 Å². The molecule has 138 valence electrons. The van der Waals surface area contributed by atoms with Crippen LogP contribution in [0.25, 0.3) is 0 Å². The Morgan fingerprint density at radius 3 is 2.76 bits per heavy atom. The number of aryl methyl sites for hydroxylation is 1. The molecule has 0 amide bonds. The summed E-state index contributed by atoms with van der Waals surface area (Å²) in [5.41, 5.74) is -0.990. The first-order valence-corrected chi connectivity index (χ1v) is 10.8. The van der Waals surface area contributed by atoms with Gasteiger partial charge < -0.3 is 5.11 Å². The lowest BCUT2D eigenvalue weighted by Gasteiger charge is -2.37. The fraction of sp³-hybridized carbons (Fsp3) is 0.533. The Hall–Kier alpha value is -1.10. The van der Waals surface area contributed by atoms with Crippen LogP contribution in [-0.2, 0) is 21.2 Å². The highest BCUT2D eigenvalue weighted by Crippen LogP contribution is 2.40. The third-order valence-electron chi connectivity index (χ3n) is 4.26. The molecule has 1 saturated heterocycles. The minimum Gasteiger partial charge on any atom is -0.480 e. The number of thiol groups is 1. The molecule has 1 aromatic rings. The number of carboxylic acids is 1. The summed E-state index contributed by atoms with van der Waals surface area (Å²) in [6.45, 7) is 1.81. The molecule has 3 atom stereocenters. The highest BCUT2D eigenvalue weighted by molar-refractivity contribution is 8.10. The number of hydrogen-bond donors (Lipinski definition) is 3. The first-order valence-electron chi connectivity index (χ1n) is 7.73. The Bertz CT molecular complexity index is 755. The second kappa shape index (κ2) is 8.07. The largest absolute Gasteiger partial charge is 0.480 e. The van der Waals surface area contributed by atoms with E-state index in [1.165, 1.54) is 17.8 Å². The predicted octanol–water partition coefficient (Wildman–Crippen LogP) is 2.27. The molecule has 3 unspecified atom stereocenters. The zero-order chi connectivity index (χ0) is 18.7. The maximum Gasteiger partial charge on any atom is 0.324 e. The van der Waals surface area contributed by atoms with Gasteiger partial charge >= 0.3 is 5.97 Å². The van der Waals surface area contributed by atoms with E-state index in [1.807, 2.05) is 0 Å². The molecule has 2 N–H and O–H groups in total. The van der Waals surface area contributed by atoms with Crippen molar-refractivity contribution < 1.29 is 18.3 Å². The Morgan fingerprint density at radius 2 is 2.20 bits per heavy atom. The lowest BCUT2D eigenvalue weighted by Crippen LogP contribution is -2.57. The van der Waals surface area contributed by atoms with Crippen molar-refractivity contribution in [1.29, 1.82) is 0 Å². The normalized spacial score (nSPS) is 25.3. The quantitative estimate of drug-likeness (QED) is 0.475. The highest BCUT2D eigenvalue weighted by Gasteiger charge is 2.50. The number of aliphatic carboxylic acids is 1. The van der Waals surface area contributed by atoms with Crippen LogP contribution in [0.4, 0.5) is 0 Å². The number of benzene rings is 1. The number of thioether (sulfide) groups is 1. The zero-order valence-electron chi connectivity index (χ0n) is 13.6. The summed E-state index contributed by atoms with van der Waals surface area (Å²) in [5, 5.41) is 12.6. The van der Waals surface area contributed by atoms with E-state index in [-0.39, 0.29) is 22.3 Å². The number of sulfonamides is 1. The van der Waals surface area contributed by atoms with Gasteiger partial charge in [-0.3, -0.25) is 4.79 Å². The van der Waals surface area contributed by atoms with Crippen LogP contribution < -0.4 is 4.72 Å². The maximum absolute atomic E-state index is 12.8. The predicted molar refractivity (Wildman–Crippen MR) is 101 cm³/mol. The van der Waals surface area contributed by atoms with Gasteiger partial charge in [0.1, 0.15) is 11.6 Å². The number of nitrogens with zero attached hydrogens (tertiary/aromatic N) is 1. The average molecular weight is 405 g/mol. The van der Waals surface area contributed by atoms with Crippen molar-refractivity contribution in [2.45, 2.75) is 47.2 Å². The Balaban J connectivity index is 2.41. The van der Waals surface area contributed by atoms with Gasteiger partial charge in [-0.25, -0.2) is 8.42 Å². The molecule has 0 bridgehead atoms. The maximum atomic E-state index is 12.8. The molecule has 1 aliphatic heterocycles. The molecule has 1 fully saturated rings. The molecular weight excluding hydrogens is 384 g/mol. The fourth-order valence-corrected chi connectivity index (χ4v) is 6.25. The summed E-state index contributed by atoms with van der Waals surface area (Å²) >= 11 is 5.78. The monoisotopic (exact) mass is 404 g/mol. The van der Waals surface area contributed by atoms with Gasteiger partial charge in [0.2, 0.25) is 10.0 Å². The van der Waals surface area contributed by atoms with E-state index in [0.29, 0.717) is 17.7 Å². The zero-order valence-corrected chi connectivity index (χ0v) is 16.1. The van der Waals surface area contributed by atoms with Crippen LogP contribution in [0.5, 0.6) is 0 Å². The number of hydrogen-bond acceptors (Lipinski definition) is 7. The topological polar surface area (TPSA) is 113 Å². The summed E-state index contributed by atoms with van der Waals surface area (Å²) in [7, 11) is -4.12. The Kier molecular flexibility index (Phi) is 6.52. The average Bonchev–Trinajstić information content (AvgIpc) is 2.59. The number of carboxylic acid groups (broad SMARTS) is 1. The minimum atomic E-state index is -4.12. The third-order valence-corrected chi connectivity index (χ3v) is 7.40. The number of nitroso groups, excluding NO2 is 1. The summed E-state index contributed by atoms with van der Waals surface area (Å²) in [6.07, 6.45) is 0.730. The van der Waals surface area contributed by atoms with Crippen LogP contribution in [0.3, 0.4) is 0 Å². The van der Waals surface area contributed by atoms with Gasteiger partial charge in [0.25, 0.3) is 0 Å². The number of nitrogens with one attached hydrogen (secondary N) is 1. The second-order valence-electron chi connectivity index (χ2n) is 5.83. The van der Waals surface area contributed by atoms with E-state index in [0.717, 1.165) is 0 Å². The van der Waals surface area contributed by atoms with Gasteiger partial charge in [-0.2, -0.15) is 22.3 Å². The van der Waals surface area contributed by atoms with Gasteiger partial charge in [0.15, 0.2) is 0 Å². The van der Waals surface area contributed by atoms with Crippen molar-refractivity contribution in [2.24, 2.45) is 5.18 Å². The van der Waals surface area contributed by atoms with Crippen LogP contribution in [0.2, 0.25) is 0 Å². The molecule has 1 aromatic carbocycles. The standard InChI is InChI=1S/C15H20N2O5S3/c1-2-10-5-3-4-6-11(10)25(21,22)16-13(14(18)19)15(17-20)7-8-24-12(23)9-15/h3-6,12-13,16,23H,2,7-9H2,1H3,(H,18,19). The Labute approximate surface area is 156 Å². The molecule has 1 heterocycles. The van der Waals surface area contributed by atoms with E-state index in [4.69, 9.17) is 0 Å². The molecule has 0 aliphatic carbocycles. The SMILES string of the molecule is CCc1ccccc1S(=O)(=O)NC(C(=O)O)C1(N=O)CCSC(S)C1. The lowest BCUT2D eigenvalue weighted by molar-refractivity contribution is -0.140. The molecule has 25 heavy (non-hydrogen) atoms. The minimum absolute atomic E-state index is 0.0115. The van der Waals surface area contributed by atoms with Crippen LogP contribution >= 0.6 is 24.4 Å². The van der Waals surface area contributed by atoms with Crippen LogP contribution in [-0.4, -0.2) is 41.4 Å². The van der Waals surface area contributed by atoms with Crippen LogP contribution in [0.15, 0.2) is 34.3 Å². The van der Waals surface area contributed by atoms with Gasteiger partial charge in [-0.15, -0.1) is 11.8 Å². The highest BCUT2D eigenvalue weighted by atomic mass is 32.2. The summed E-state index contributed by atoms with van der Waals surface area (Å²) in [6, 6.07) is 4.72. The molecular formula is C15H20N2O5S3. The summed E-state index contributed by atoms with van der Waals surface area (Å²) in [4.78, 5) is 23.3. The van der Waals surface area contributed by atoms with E-state index in [1.54, 1.807) is 25.1 Å². The van der Waals surface area contributed by atoms with Gasteiger partial charge in [0.05, 0.1) is 4.90 Å². The van der Waals surface area contributed by atoms with E-state index in [9.17, 15) is 23.2 Å². The van der Waals surface area contributed by atoms with Gasteiger partial charge in [0, 0.05) is 4.58 Å². The van der Waals surface area contributed by atoms with Crippen molar-refractivity contribution in [2.75, 3.05) is 5.75 Å². The summed E-state index contributed by atoms with van der Waals surface area (Å²) in [5.74, 6) is -0.943. The molecule has 7 nitrogen and oxygen atoms in total. The van der Waals surface area contributed by atoms with Crippen LogP contribution in [0, 0.1) is 4.91 Å². The first-order chi connectivity index (χ1) is 11.8. The van der Waals surface area contributed by atoms with Gasteiger partial charge in [-0.05, 0) is 36.6 Å². The van der Waals surface area contributed by atoms with Crippen molar-refractivity contribution in [3.63, 3.8) is 0 Å². The number of carbonyl (C=O) groups is 1. The van der Waals surface area contributed by atoms with E-state index in [2.05, 4.69) is 22.5 Å². The smallest absolute Gasteiger partial charge is 0.324 e. The van der Waals surface area contributed by atoms with Gasteiger partial charge in [-0.1, -0.05) is 30.3 Å². The first kappa shape index (κ1) is 20.2. The Morgan fingerprint density at radius 1 is 1.52 bits per heavy atom. The molecule has 2 rings (SSSR count). The molecule has 0 saturated carbocycles. The molecule has 10 heteroatoms. The third kappa shape index (κ3) is 4.36. The fourth-order valence-electron chi connectivity index (χ4n) is 2.90. The molecule has 1 aliphatic rings. The van der Waals surface area contributed by atoms with E-state index >= 15 is 0 Å². The lowest BCUT2D eigenvalue weighted by atomic mass is 9.85. The van der Waals surface area contributed by atoms with Crippen molar-refractivity contribution in [3.05, 3.63) is 34.7 Å². The second-order valence-corrected chi connectivity index (χ2v) is 9.79. The molecule has 0 aromatic heterocycles. The van der Waals surface area contributed by atoms with Crippen LogP contribution in [0.1, 0.15) is 25.3 Å². The molecule has 0 radical (unpaired) electrons. The summed E-state index contributed by atoms with van der Waals surface area (Å²) < 4.78 is 27.5. The molecule has 0 spiro atoms.